The molecule has 0 aliphatic heterocycles. The molecule has 1 N–H and O–H groups in total. The van der Waals surface area contributed by atoms with Crippen LogP contribution in [0.5, 0.6) is 5.19 Å². The number of aromatic nitrogens is 2. The molecule has 0 unspecified atom stereocenters. The molecule has 0 spiro atoms. The highest BCUT2D eigenvalue weighted by Gasteiger charge is 2.22. The summed E-state index contributed by atoms with van der Waals surface area (Å²) in [4.78, 5) is 48.9. The maximum atomic E-state index is 11.3. The molecule has 0 fully saturated rings. The van der Waals surface area contributed by atoms with Crippen molar-refractivity contribution in [2.45, 2.75) is 33.3 Å². The second-order valence-corrected chi connectivity index (χ2v) is 5.88. The first-order valence-electron chi connectivity index (χ1n) is 7.46. The van der Waals surface area contributed by atoms with E-state index in [1.165, 1.54) is 6.07 Å². The van der Waals surface area contributed by atoms with Crippen LogP contribution < -0.4 is 4.74 Å². The Labute approximate surface area is 150 Å². The van der Waals surface area contributed by atoms with Gasteiger partial charge in [0.25, 0.3) is 5.19 Å². The summed E-state index contributed by atoms with van der Waals surface area (Å²) in [6.45, 7) is 3.12. The molecular formula is C15H14N2O8S. The predicted octanol–water partition coefficient (Wildman–Crippen LogP) is 1.37. The molecule has 0 saturated carbocycles. The fourth-order valence-electron chi connectivity index (χ4n) is 1.78. The van der Waals surface area contributed by atoms with Gasteiger partial charge in [0.2, 0.25) is 5.78 Å². The van der Waals surface area contributed by atoms with Crippen molar-refractivity contribution in [3.8, 4) is 16.6 Å². The Balaban J connectivity index is 2.13. The van der Waals surface area contributed by atoms with Crippen LogP contribution in [0, 0.1) is 0 Å². The van der Waals surface area contributed by atoms with Crippen molar-refractivity contribution in [2.24, 2.45) is 0 Å². The summed E-state index contributed by atoms with van der Waals surface area (Å²) < 4.78 is 14.6. The first-order valence-corrected chi connectivity index (χ1v) is 8.28. The Morgan fingerprint density at radius 3 is 2.58 bits per heavy atom. The third kappa shape index (κ3) is 4.51. The number of carbonyl (C=O) groups is 4. The summed E-state index contributed by atoms with van der Waals surface area (Å²) >= 11 is 0.999. The topological polar surface area (TPSA) is 146 Å². The van der Waals surface area contributed by atoms with E-state index in [-0.39, 0.29) is 29.7 Å². The molecule has 2 heterocycles. The smallest absolute Gasteiger partial charge is 0.424 e. The number of carboxylic acid groups (broad SMARTS) is 1. The molecule has 0 aromatic carbocycles. The highest BCUT2D eigenvalue weighted by atomic mass is 32.1. The van der Waals surface area contributed by atoms with Gasteiger partial charge < -0.3 is 19.1 Å². The van der Waals surface area contributed by atoms with Crippen LogP contribution in [0.15, 0.2) is 10.6 Å². The maximum Gasteiger partial charge on any atom is 0.424 e. The Hall–Kier alpha value is -3.08. The molecule has 0 aliphatic rings. The van der Waals surface area contributed by atoms with Crippen molar-refractivity contribution in [3.63, 3.8) is 0 Å². The first kappa shape index (κ1) is 19.2. The fourth-order valence-corrected chi connectivity index (χ4v) is 2.64. The highest BCUT2D eigenvalue weighted by molar-refractivity contribution is 7.14. The number of ketones is 1. The Bertz CT molecular complexity index is 854. The van der Waals surface area contributed by atoms with Crippen molar-refractivity contribution < 1.29 is 38.3 Å². The van der Waals surface area contributed by atoms with E-state index in [9.17, 15) is 19.2 Å². The molecule has 2 aromatic heterocycles. The van der Waals surface area contributed by atoms with E-state index in [1.807, 2.05) is 6.92 Å². The van der Waals surface area contributed by atoms with E-state index >= 15 is 0 Å². The van der Waals surface area contributed by atoms with Gasteiger partial charge in [0.1, 0.15) is 18.0 Å². The molecule has 2 aromatic rings. The minimum absolute atomic E-state index is 0.0411. The first-order chi connectivity index (χ1) is 12.3. The van der Waals surface area contributed by atoms with Gasteiger partial charge in [0.15, 0.2) is 5.76 Å². The number of Topliss-reactive ketones (excluding diaryl/α,β-unsaturated/α-hetero) is 1. The molecule has 0 saturated heterocycles. The lowest BCUT2D eigenvalue weighted by atomic mass is 10.2. The largest absolute Gasteiger partial charge is 0.473 e. The number of carbonyl (C=O) groups excluding carboxylic acids is 3. The van der Waals surface area contributed by atoms with E-state index in [2.05, 4.69) is 14.9 Å². The van der Waals surface area contributed by atoms with Crippen molar-refractivity contribution >= 4 is 35.0 Å². The Morgan fingerprint density at radius 1 is 1.23 bits per heavy atom. The average molecular weight is 382 g/mol. The van der Waals surface area contributed by atoms with Gasteiger partial charge in [0, 0.05) is 17.4 Å². The molecular weight excluding hydrogens is 368 g/mol. The molecule has 0 amide bonds. The number of rotatable bonds is 7. The zero-order valence-electron chi connectivity index (χ0n) is 13.8. The highest BCUT2D eigenvalue weighted by Crippen LogP contribution is 2.33. The summed E-state index contributed by atoms with van der Waals surface area (Å²) in [6.07, 6.45) is 0.563. The lowest BCUT2D eigenvalue weighted by Gasteiger charge is -1.98. The van der Waals surface area contributed by atoms with Gasteiger partial charge in [0.05, 0.1) is 0 Å². The number of hydrogen-bond donors (Lipinski definition) is 1. The lowest BCUT2D eigenvalue weighted by Crippen LogP contribution is -2.19. The molecule has 10 nitrogen and oxygen atoms in total. The quantitative estimate of drug-likeness (QED) is 0.550. The standard InChI is InChI=1S/C15H14N2O8S/c1-3-8(18)13(21)23-6-7-5-9(25-17-7)11-10(4-2)26-15(16-11)24-14(22)12(19)20/h5H,3-4,6H2,1-2H3,(H,19,20). The van der Waals surface area contributed by atoms with Crippen LogP contribution in [-0.2, 0) is 36.9 Å². The minimum atomic E-state index is -1.73. The van der Waals surface area contributed by atoms with Crippen LogP contribution in [0.2, 0.25) is 0 Å². The average Bonchev–Trinajstić information content (AvgIpc) is 3.24. The van der Waals surface area contributed by atoms with Crippen LogP contribution in [0.4, 0.5) is 0 Å². The van der Waals surface area contributed by atoms with Gasteiger partial charge in [-0.3, -0.25) is 4.79 Å². The van der Waals surface area contributed by atoms with E-state index in [1.54, 1.807) is 6.92 Å². The van der Waals surface area contributed by atoms with Gasteiger partial charge in [-0.05, 0) is 6.42 Å². The number of hydrogen-bond acceptors (Lipinski definition) is 10. The molecule has 0 bridgehead atoms. The number of nitrogens with zero attached hydrogens (tertiary/aromatic N) is 2. The number of ether oxygens (including phenoxy) is 2. The monoisotopic (exact) mass is 382 g/mol. The van der Waals surface area contributed by atoms with Crippen molar-refractivity contribution in [2.75, 3.05) is 0 Å². The molecule has 138 valence electrons. The summed E-state index contributed by atoms with van der Waals surface area (Å²) in [5, 5.41) is 12.2. The van der Waals surface area contributed by atoms with Crippen LogP contribution in [-0.4, -0.2) is 38.9 Å². The zero-order chi connectivity index (χ0) is 19.3. The molecule has 0 atom stereocenters. The van der Waals surface area contributed by atoms with Crippen LogP contribution in [0.1, 0.15) is 30.8 Å². The van der Waals surface area contributed by atoms with Gasteiger partial charge >= 0.3 is 17.9 Å². The number of carboxylic acids is 1. The summed E-state index contributed by atoms with van der Waals surface area (Å²) in [7, 11) is 0. The minimum Gasteiger partial charge on any atom is -0.473 e. The van der Waals surface area contributed by atoms with E-state index in [4.69, 9.17) is 14.4 Å². The molecule has 2 rings (SSSR count). The predicted molar refractivity (Wildman–Crippen MR) is 85.4 cm³/mol. The molecule has 11 heteroatoms. The number of thiazole rings is 1. The van der Waals surface area contributed by atoms with Gasteiger partial charge in [-0.1, -0.05) is 30.3 Å². The third-order valence-electron chi connectivity index (χ3n) is 3.05. The lowest BCUT2D eigenvalue weighted by molar-refractivity contribution is -0.158. The van der Waals surface area contributed by atoms with Crippen LogP contribution in [0.25, 0.3) is 11.5 Å². The number of esters is 2. The van der Waals surface area contributed by atoms with E-state index in [0.717, 1.165) is 11.3 Å². The van der Waals surface area contributed by atoms with Crippen molar-refractivity contribution in [1.29, 1.82) is 0 Å². The Morgan fingerprint density at radius 2 is 1.96 bits per heavy atom. The Kier molecular flexibility index (Phi) is 6.17. The third-order valence-corrected chi connectivity index (χ3v) is 4.12. The van der Waals surface area contributed by atoms with Crippen LogP contribution >= 0.6 is 11.3 Å². The van der Waals surface area contributed by atoms with Gasteiger partial charge in [-0.2, -0.15) is 4.98 Å². The normalized spacial score (nSPS) is 10.4. The molecule has 0 radical (unpaired) electrons. The zero-order valence-corrected chi connectivity index (χ0v) is 14.6. The van der Waals surface area contributed by atoms with Crippen molar-refractivity contribution in [3.05, 3.63) is 16.6 Å². The van der Waals surface area contributed by atoms with E-state index in [0.29, 0.717) is 17.0 Å². The molecule has 0 aliphatic carbocycles. The van der Waals surface area contributed by atoms with E-state index < -0.39 is 23.7 Å². The van der Waals surface area contributed by atoms with Gasteiger partial charge in [-0.25, -0.2) is 14.4 Å². The summed E-state index contributed by atoms with van der Waals surface area (Å²) in [5.74, 6) is -4.55. The van der Waals surface area contributed by atoms with Crippen LogP contribution in [0.3, 0.4) is 0 Å². The number of aryl methyl sites for hydroxylation is 1. The second kappa shape index (κ2) is 8.34. The SMILES string of the molecule is CCC(=O)C(=O)OCc1cc(-c2nc(OC(=O)C(=O)O)sc2CC)on1. The maximum absolute atomic E-state index is 11.3. The summed E-state index contributed by atoms with van der Waals surface area (Å²) in [5.41, 5.74) is 0.594. The molecule has 26 heavy (non-hydrogen) atoms. The second-order valence-electron chi connectivity index (χ2n) is 4.84. The van der Waals surface area contributed by atoms with Crippen molar-refractivity contribution in [1.82, 2.24) is 10.1 Å². The number of aliphatic carboxylic acids is 1. The van der Waals surface area contributed by atoms with Gasteiger partial charge in [-0.15, -0.1) is 0 Å². The fraction of sp³-hybridized carbons (Fsp3) is 0.333. The summed E-state index contributed by atoms with van der Waals surface area (Å²) in [6, 6.07) is 1.46.